The third-order valence-corrected chi connectivity index (χ3v) is 4.51. The third kappa shape index (κ3) is 4.30. The summed E-state index contributed by atoms with van der Waals surface area (Å²) in [5.41, 5.74) is 4.26. The molecule has 0 atom stereocenters. The molecule has 0 saturated carbocycles. The minimum Gasteiger partial charge on any atom is -0.310 e. The highest BCUT2D eigenvalue weighted by molar-refractivity contribution is 5.62. The van der Waals surface area contributed by atoms with Gasteiger partial charge in [0.05, 0.1) is 11.9 Å². The Labute approximate surface area is 142 Å². The van der Waals surface area contributed by atoms with Gasteiger partial charge in [-0.05, 0) is 57.1 Å². The van der Waals surface area contributed by atoms with E-state index in [1.165, 1.54) is 17.7 Å². The van der Waals surface area contributed by atoms with Crippen LogP contribution in [0, 0.1) is 5.82 Å². The van der Waals surface area contributed by atoms with Gasteiger partial charge in [0.25, 0.3) is 0 Å². The van der Waals surface area contributed by atoms with Crippen LogP contribution in [0.1, 0.15) is 25.3 Å². The molecule has 1 fully saturated rings. The summed E-state index contributed by atoms with van der Waals surface area (Å²) in [6, 6.07) is 7.04. The minimum absolute atomic E-state index is 0.223. The zero-order valence-electron chi connectivity index (χ0n) is 14.2. The summed E-state index contributed by atoms with van der Waals surface area (Å²) < 4.78 is 13.1. The normalized spacial score (nSPS) is 16.4. The van der Waals surface area contributed by atoms with E-state index >= 15 is 0 Å². The van der Waals surface area contributed by atoms with Crippen molar-refractivity contribution in [3.8, 4) is 11.3 Å². The van der Waals surface area contributed by atoms with Crippen molar-refractivity contribution in [1.82, 2.24) is 20.4 Å². The second-order valence-electron chi connectivity index (χ2n) is 6.67. The first-order valence-corrected chi connectivity index (χ1v) is 8.50. The molecule has 2 heterocycles. The van der Waals surface area contributed by atoms with E-state index in [0.29, 0.717) is 6.04 Å². The molecular weight excluding hydrogens is 303 g/mol. The Morgan fingerprint density at radius 3 is 2.71 bits per heavy atom. The summed E-state index contributed by atoms with van der Waals surface area (Å²) in [7, 11) is 0. The summed E-state index contributed by atoms with van der Waals surface area (Å²) in [5.74, 6) is -0.223. The first-order valence-electron chi connectivity index (χ1n) is 8.50. The number of nitrogens with one attached hydrogen (secondary N) is 2. The molecule has 3 rings (SSSR count). The van der Waals surface area contributed by atoms with E-state index < -0.39 is 0 Å². The van der Waals surface area contributed by atoms with Crippen LogP contribution in [0.4, 0.5) is 4.39 Å². The Hall–Kier alpha value is -1.98. The Kier molecular flexibility index (Phi) is 5.43. The lowest BCUT2D eigenvalue weighted by Gasteiger charge is -2.32. The molecule has 1 aliphatic rings. The molecule has 2 N–H and O–H groups in total. The van der Waals surface area contributed by atoms with Crippen LogP contribution in [-0.2, 0) is 6.54 Å². The van der Waals surface area contributed by atoms with E-state index in [0.717, 1.165) is 55.8 Å². The van der Waals surface area contributed by atoms with Crippen LogP contribution in [0.5, 0.6) is 0 Å². The van der Waals surface area contributed by atoms with Crippen molar-refractivity contribution in [2.75, 3.05) is 19.6 Å². The summed E-state index contributed by atoms with van der Waals surface area (Å²) in [6.45, 7) is 10.1. The van der Waals surface area contributed by atoms with Crippen LogP contribution < -0.4 is 5.32 Å². The first kappa shape index (κ1) is 16.9. The number of rotatable bonds is 6. The van der Waals surface area contributed by atoms with Crippen molar-refractivity contribution >= 4 is 0 Å². The SMILES string of the molecule is C=C(C)CN1CCC(NCc2cn[nH]c2-c2ccc(F)cc2)CC1. The molecule has 1 saturated heterocycles. The summed E-state index contributed by atoms with van der Waals surface area (Å²) >= 11 is 0. The third-order valence-electron chi connectivity index (χ3n) is 4.51. The summed E-state index contributed by atoms with van der Waals surface area (Å²) in [4.78, 5) is 2.46. The molecule has 5 heteroatoms. The number of H-pyrrole nitrogens is 1. The lowest BCUT2D eigenvalue weighted by Crippen LogP contribution is -2.42. The molecule has 0 amide bonds. The van der Waals surface area contributed by atoms with Crippen LogP contribution in [0.15, 0.2) is 42.6 Å². The number of nitrogens with zero attached hydrogens (tertiary/aromatic N) is 2. The molecule has 0 radical (unpaired) electrons. The topological polar surface area (TPSA) is 44.0 Å². The number of likely N-dealkylation sites (tertiary alicyclic amines) is 1. The van der Waals surface area contributed by atoms with Crippen LogP contribution >= 0.6 is 0 Å². The average Bonchev–Trinajstić information content (AvgIpc) is 3.03. The van der Waals surface area contributed by atoms with Crippen LogP contribution in [0.3, 0.4) is 0 Å². The molecule has 0 bridgehead atoms. The van der Waals surface area contributed by atoms with Crippen LogP contribution in [-0.4, -0.2) is 40.8 Å². The summed E-state index contributed by atoms with van der Waals surface area (Å²) in [5, 5.41) is 10.8. The molecule has 4 nitrogen and oxygen atoms in total. The quantitative estimate of drug-likeness (QED) is 0.799. The van der Waals surface area contributed by atoms with Crippen molar-refractivity contribution in [1.29, 1.82) is 0 Å². The molecule has 0 unspecified atom stereocenters. The Morgan fingerprint density at radius 1 is 1.33 bits per heavy atom. The predicted molar refractivity (Wildman–Crippen MR) is 95.1 cm³/mol. The van der Waals surface area contributed by atoms with Crippen LogP contribution in [0.2, 0.25) is 0 Å². The Bertz CT molecular complexity index is 669. The fraction of sp³-hybridized carbons (Fsp3) is 0.421. The number of aromatic nitrogens is 2. The number of aromatic amines is 1. The molecule has 128 valence electrons. The van der Waals surface area contributed by atoms with Crippen molar-refractivity contribution in [2.45, 2.75) is 32.4 Å². The molecule has 1 aromatic heterocycles. The van der Waals surface area contributed by atoms with Gasteiger partial charge in [0.1, 0.15) is 5.82 Å². The second kappa shape index (κ2) is 7.73. The summed E-state index contributed by atoms with van der Waals surface area (Å²) in [6.07, 6.45) is 4.15. The van der Waals surface area contributed by atoms with Gasteiger partial charge in [-0.3, -0.25) is 10.00 Å². The van der Waals surface area contributed by atoms with Crippen molar-refractivity contribution in [3.63, 3.8) is 0 Å². The highest BCUT2D eigenvalue weighted by atomic mass is 19.1. The van der Waals surface area contributed by atoms with Crippen molar-refractivity contribution in [2.24, 2.45) is 0 Å². The van der Waals surface area contributed by atoms with Gasteiger partial charge >= 0.3 is 0 Å². The maximum Gasteiger partial charge on any atom is 0.123 e. The number of halogens is 1. The minimum atomic E-state index is -0.223. The lowest BCUT2D eigenvalue weighted by molar-refractivity contribution is 0.211. The van der Waals surface area contributed by atoms with E-state index in [-0.39, 0.29) is 5.82 Å². The van der Waals surface area contributed by atoms with Gasteiger partial charge in [-0.2, -0.15) is 5.10 Å². The van der Waals surface area contributed by atoms with Gasteiger partial charge in [-0.15, -0.1) is 0 Å². The van der Waals surface area contributed by atoms with Gasteiger partial charge in [0.15, 0.2) is 0 Å². The van der Waals surface area contributed by atoms with Gasteiger partial charge in [-0.25, -0.2) is 4.39 Å². The maximum absolute atomic E-state index is 13.1. The number of hydrogen-bond donors (Lipinski definition) is 2. The highest BCUT2D eigenvalue weighted by Gasteiger charge is 2.19. The van der Waals surface area contributed by atoms with E-state index in [2.05, 4.69) is 33.9 Å². The van der Waals surface area contributed by atoms with Crippen LogP contribution in [0.25, 0.3) is 11.3 Å². The molecule has 2 aromatic rings. The van der Waals surface area contributed by atoms with E-state index in [9.17, 15) is 4.39 Å². The van der Waals surface area contributed by atoms with Gasteiger partial charge in [0.2, 0.25) is 0 Å². The molecule has 24 heavy (non-hydrogen) atoms. The van der Waals surface area contributed by atoms with Gasteiger partial charge < -0.3 is 5.32 Å². The molecule has 0 spiro atoms. The average molecular weight is 328 g/mol. The van der Waals surface area contributed by atoms with Gasteiger partial charge in [0, 0.05) is 30.3 Å². The monoisotopic (exact) mass is 328 g/mol. The number of benzene rings is 1. The number of piperidine rings is 1. The molecule has 1 aliphatic heterocycles. The zero-order chi connectivity index (χ0) is 16.9. The van der Waals surface area contributed by atoms with Crippen molar-refractivity contribution < 1.29 is 4.39 Å². The highest BCUT2D eigenvalue weighted by Crippen LogP contribution is 2.22. The molecule has 0 aliphatic carbocycles. The number of hydrogen-bond acceptors (Lipinski definition) is 3. The lowest BCUT2D eigenvalue weighted by atomic mass is 10.0. The fourth-order valence-corrected chi connectivity index (χ4v) is 3.24. The van der Waals surface area contributed by atoms with E-state index in [1.54, 1.807) is 12.1 Å². The van der Waals surface area contributed by atoms with E-state index in [1.807, 2.05) is 6.20 Å². The van der Waals surface area contributed by atoms with E-state index in [4.69, 9.17) is 0 Å². The molecular formula is C19H25FN4. The zero-order valence-corrected chi connectivity index (χ0v) is 14.2. The Balaban J connectivity index is 1.54. The smallest absolute Gasteiger partial charge is 0.123 e. The second-order valence-corrected chi connectivity index (χ2v) is 6.67. The first-order chi connectivity index (χ1) is 11.6. The van der Waals surface area contributed by atoms with Crippen molar-refractivity contribution in [3.05, 3.63) is 54.0 Å². The predicted octanol–water partition coefficient (Wildman–Crippen LogP) is 3.35. The standard InChI is InChI=1S/C19H25FN4/c1-14(2)13-24-9-7-18(8-10-24)21-11-16-12-22-23-19(16)15-3-5-17(20)6-4-15/h3-6,12,18,21H,1,7-11,13H2,2H3,(H,22,23). The maximum atomic E-state index is 13.1. The Morgan fingerprint density at radius 2 is 2.04 bits per heavy atom. The largest absolute Gasteiger partial charge is 0.310 e. The van der Waals surface area contributed by atoms with Gasteiger partial charge in [-0.1, -0.05) is 12.2 Å². The fourth-order valence-electron chi connectivity index (χ4n) is 3.24. The molecule has 1 aromatic carbocycles.